The van der Waals surface area contributed by atoms with Crippen molar-refractivity contribution < 1.29 is 32.6 Å². The van der Waals surface area contributed by atoms with Crippen molar-refractivity contribution in [2.75, 3.05) is 19.7 Å². The van der Waals surface area contributed by atoms with Gasteiger partial charge in [-0.2, -0.15) is 13.2 Å². The molecule has 4 saturated carbocycles. The maximum absolute atomic E-state index is 11.6. The molecule has 0 heterocycles. The summed E-state index contributed by atoms with van der Waals surface area (Å²) in [6.45, 7) is 3.25. The summed E-state index contributed by atoms with van der Waals surface area (Å²) in [4.78, 5) is 30.0. The van der Waals surface area contributed by atoms with E-state index in [1.54, 1.807) is 0 Å². The fourth-order valence-corrected chi connectivity index (χ4v) is 13.3. The number of esters is 1. The average Bonchev–Trinajstić information content (AvgIpc) is 3.31. The minimum absolute atomic E-state index is 0.0146. The Morgan fingerprint density at radius 1 is 0.585 bits per heavy atom. The van der Waals surface area contributed by atoms with Crippen LogP contribution < -0.4 is 5.11 Å². The summed E-state index contributed by atoms with van der Waals surface area (Å²) in [7, 11) is -0.0293. The van der Waals surface area contributed by atoms with E-state index in [9.17, 15) is 27.9 Å². The number of hydrogen-bond donors (Lipinski definition) is 0. The molecule has 6 aromatic carbocycles. The van der Waals surface area contributed by atoms with Crippen LogP contribution in [-0.4, -0.2) is 37.8 Å². The number of aliphatic carboxylic acids is 1. The minimum atomic E-state index is -4.29. The predicted octanol–water partition coefficient (Wildman–Crippen LogP) is 12.6. The van der Waals surface area contributed by atoms with Gasteiger partial charge >= 0.3 is 12.1 Å². The molecule has 10 rings (SSSR count). The molecule has 0 radical (unpaired) electrons. The lowest BCUT2D eigenvalue weighted by molar-refractivity contribution is -0.327. The number of hydrogen-bond acceptors (Lipinski definition) is 4. The van der Waals surface area contributed by atoms with Crippen LogP contribution in [0.1, 0.15) is 45.4 Å². The maximum atomic E-state index is 11.6. The molecule has 0 amide bonds. The predicted molar refractivity (Wildman–Crippen MR) is 254 cm³/mol. The van der Waals surface area contributed by atoms with E-state index >= 15 is 0 Å². The second-order valence-electron chi connectivity index (χ2n) is 16.6. The highest BCUT2D eigenvalue weighted by Crippen LogP contribution is 2.59. The standard InChI is InChI=1S/2C18H15S.C11H16O2.C8H11F3NO2/c2*1-4-10-16(11-5-1)19(17-12-6-2-7-13-17)18-14-8-3-9-15-18;12-10(13)11-4-7-1-8(5-11)3-9(2-7)6-11;1-6(2)7(13)14-4-3-12-5-8(9,10)11/h2*1-15H;7-9H,1-6H2,(H,12,13);1,3-5H2,2H3/q2*+1;;-1/p-1. The Kier molecular flexibility index (Phi) is 18.1. The van der Waals surface area contributed by atoms with E-state index < -0.39 is 30.1 Å². The van der Waals surface area contributed by atoms with E-state index in [2.05, 4.69) is 199 Å². The highest BCUT2D eigenvalue weighted by atomic mass is 32.2. The number of halogens is 3. The number of carbonyl (C=O) groups excluding carboxylic acids is 2. The second-order valence-corrected chi connectivity index (χ2v) is 20.7. The lowest BCUT2D eigenvalue weighted by Gasteiger charge is -2.57. The van der Waals surface area contributed by atoms with Crippen molar-refractivity contribution in [2.45, 2.75) is 81.0 Å². The molecular formula is C55H56F3NO4S2. The van der Waals surface area contributed by atoms with Crippen LogP contribution in [0.25, 0.3) is 5.32 Å². The third kappa shape index (κ3) is 14.7. The van der Waals surface area contributed by atoms with Crippen LogP contribution in [0.15, 0.2) is 224 Å². The minimum Gasteiger partial charge on any atom is -0.652 e. The van der Waals surface area contributed by atoms with Crippen LogP contribution in [0.5, 0.6) is 0 Å². The van der Waals surface area contributed by atoms with E-state index in [0.29, 0.717) is 17.8 Å². The average molecular weight is 916 g/mol. The van der Waals surface area contributed by atoms with Crippen LogP contribution >= 0.6 is 0 Å². The largest absolute Gasteiger partial charge is 0.652 e. The SMILES string of the molecule is C=C(C)C(=O)OCC[N-]CC(F)(F)F.O=C([O-])C12CC3CC(CC(C3)C1)C2.c1ccc([S+](c2ccccc2)c2ccccc2)cc1.c1ccc([S+](c2ccccc2)c2ccccc2)cc1. The fourth-order valence-electron chi connectivity index (χ4n) is 9.05. The molecule has 65 heavy (non-hydrogen) atoms. The van der Waals surface area contributed by atoms with Gasteiger partial charge in [-0.3, -0.25) is 0 Å². The number of alkyl halides is 3. The van der Waals surface area contributed by atoms with Crippen molar-refractivity contribution >= 4 is 33.7 Å². The summed E-state index contributed by atoms with van der Waals surface area (Å²) in [5.41, 5.74) is -0.185. The zero-order valence-electron chi connectivity index (χ0n) is 36.7. The van der Waals surface area contributed by atoms with Gasteiger partial charge in [0.25, 0.3) is 0 Å². The van der Waals surface area contributed by atoms with Crippen LogP contribution in [-0.2, 0) is 36.1 Å². The fraction of sp³-hybridized carbons (Fsp3) is 0.273. The molecule has 4 aliphatic rings. The van der Waals surface area contributed by atoms with E-state index in [1.807, 2.05) is 0 Å². The molecule has 0 saturated heterocycles. The number of ether oxygens (including phenoxy) is 1. The van der Waals surface area contributed by atoms with Crippen molar-refractivity contribution in [3.8, 4) is 0 Å². The summed E-state index contributed by atoms with van der Waals surface area (Å²) in [5, 5.41) is 14.3. The molecule has 0 N–H and O–H groups in total. The summed E-state index contributed by atoms with van der Waals surface area (Å²) >= 11 is 0. The van der Waals surface area contributed by atoms with E-state index in [4.69, 9.17) is 0 Å². The number of carbonyl (C=O) groups is 2. The molecule has 4 bridgehead atoms. The van der Waals surface area contributed by atoms with Gasteiger partial charge in [-0.1, -0.05) is 122 Å². The molecule has 338 valence electrons. The number of rotatable bonds is 12. The zero-order valence-corrected chi connectivity index (χ0v) is 38.3. The van der Waals surface area contributed by atoms with Gasteiger partial charge in [-0.15, -0.1) is 6.54 Å². The van der Waals surface area contributed by atoms with Gasteiger partial charge in [0.05, 0.1) is 28.4 Å². The monoisotopic (exact) mass is 915 g/mol. The molecule has 5 nitrogen and oxygen atoms in total. The van der Waals surface area contributed by atoms with E-state index in [0.717, 1.165) is 19.3 Å². The number of benzene rings is 6. The first kappa shape index (κ1) is 48.9. The Hall–Kier alpha value is -5.55. The van der Waals surface area contributed by atoms with Crippen molar-refractivity contribution in [3.63, 3.8) is 0 Å². The first-order valence-corrected chi connectivity index (χ1v) is 24.4. The van der Waals surface area contributed by atoms with Crippen LogP contribution in [0, 0.1) is 23.2 Å². The molecule has 10 heteroatoms. The van der Waals surface area contributed by atoms with E-state index in [-0.39, 0.29) is 40.5 Å². The van der Waals surface area contributed by atoms with Crippen LogP contribution in [0.2, 0.25) is 0 Å². The van der Waals surface area contributed by atoms with Crippen molar-refractivity contribution in [3.05, 3.63) is 199 Å². The van der Waals surface area contributed by atoms with Gasteiger partial charge in [0.2, 0.25) is 0 Å². The highest BCUT2D eigenvalue weighted by molar-refractivity contribution is 7.97. The van der Waals surface area contributed by atoms with Gasteiger partial charge in [0.1, 0.15) is 0 Å². The zero-order chi connectivity index (χ0) is 46.1. The molecule has 4 aliphatic carbocycles. The van der Waals surface area contributed by atoms with Crippen molar-refractivity contribution in [2.24, 2.45) is 23.2 Å². The smallest absolute Gasteiger partial charge is 0.371 e. The molecule has 0 spiro atoms. The quantitative estimate of drug-likeness (QED) is 0.0530. The molecule has 0 unspecified atom stereocenters. The summed E-state index contributed by atoms with van der Waals surface area (Å²) < 4.78 is 39.2. The molecule has 6 aromatic rings. The Labute approximate surface area is 387 Å². The van der Waals surface area contributed by atoms with E-state index in [1.165, 1.54) is 55.6 Å². The molecule has 0 aromatic heterocycles. The first-order valence-electron chi connectivity index (χ1n) is 21.9. The highest BCUT2D eigenvalue weighted by Gasteiger charge is 2.51. The Balaban J connectivity index is 0.000000146. The molecule has 4 fully saturated rings. The summed E-state index contributed by atoms with van der Waals surface area (Å²) in [6, 6.07) is 64.3. The molecule has 0 aliphatic heterocycles. The molecular weight excluding hydrogens is 860 g/mol. The first-order chi connectivity index (χ1) is 31.4. The van der Waals surface area contributed by atoms with Gasteiger partial charge in [0, 0.05) is 17.0 Å². The number of nitrogens with zero attached hydrogens (tertiary/aromatic N) is 1. The van der Waals surface area contributed by atoms with Gasteiger partial charge in [0.15, 0.2) is 29.4 Å². The summed E-state index contributed by atoms with van der Waals surface area (Å²) in [6.07, 6.45) is 2.36. The third-order valence-corrected chi connectivity index (χ3v) is 15.9. The topological polar surface area (TPSA) is 80.5 Å². The Bertz CT molecular complexity index is 2010. The third-order valence-electron chi connectivity index (χ3n) is 11.5. The van der Waals surface area contributed by atoms with Crippen molar-refractivity contribution in [1.82, 2.24) is 0 Å². The Morgan fingerprint density at radius 3 is 1.09 bits per heavy atom. The van der Waals surface area contributed by atoms with Crippen LogP contribution in [0.4, 0.5) is 13.2 Å². The van der Waals surface area contributed by atoms with Gasteiger partial charge in [-0.05, 0) is 136 Å². The van der Waals surface area contributed by atoms with Crippen molar-refractivity contribution in [1.29, 1.82) is 0 Å². The second kappa shape index (κ2) is 24.1. The van der Waals surface area contributed by atoms with Gasteiger partial charge < -0.3 is 20.0 Å². The maximum Gasteiger partial charge on any atom is 0.371 e. The lowest BCUT2D eigenvalue weighted by atomic mass is 9.49. The normalized spacial score (nSPS) is 19.1. The number of carboxylic acid groups (broad SMARTS) is 1. The lowest BCUT2D eigenvalue weighted by Crippen LogP contribution is -2.54. The summed E-state index contributed by atoms with van der Waals surface area (Å²) in [5.74, 6) is 0.760. The van der Waals surface area contributed by atoms with Crippen LogP contribution in [0.3, 0.4) is 0 Å². The number of carboxylic acids is 1. The Morgan fingerprint density at radius 2 is 0.862 bits per heavy atom. The van der Waals surface area contributed by atoms with Gasteiger partial charge in [-0.25, -0.2) is 4.79 Å². The molecule has 0 atom stereocenters.